The molecule has 0 amide bonds. The highest BCUT2D eigenvalue weighted by Crippen LogP contribution is 2.22. The molecular weight excluding hydrogens is 332 g/mol. The van der Waals surface area contributed by atoms with Gasteiger partial charge >= 0.3 is 0 Å². The van der Waals surface area contributed by atoms with Gasteiger partial charge in [0.05, 0.1) is 23.4 Å². The molecule has 0 saturated heterocycles. The van der Waals surface area contributed by atoms with E-state index < -0.39 is 6.04 Å². The fourth-order valence-corrected chi connectivity index (χ4v) is 3.13. The molecule has 0 saturated carbocycles. The van der Waals surface area contributed by atoms with Gasteiger partial charge in [-0.2, -0.15) is 0 Å². The third-order valence-corrected chi connectivity index (χ3v) is 4.34. The summed E-state index contributed by atoms with van der Waals surface area (Å²) in [6, 6.07) is 13.0. The summed E-state index contributed by atoms with van der Waals surface area (Å²) in [5.74, 6) is 0.967. The van der Waals surface area contributed by atoms with Crippen LogP contribution < -0.4 is 5.56 Å². The Morgan fingerprint density at radius 1 is 1.08 bits per heavy atom. The van der Waals surface area contributed by atoms with Gasteiger partial charge in [0.1, 0.15) is 17.6 Å². The van der Waals surface area contributed by atoms with Crippen molar-refractivity contribution in [2.45, 2.75) is 19.4 Å². The van der Waals surface area contributed by atoms with Crippen LogP contribution in [-0.2, 0) is 6.42 Å². The SMILES string of the molecule is Cc1nc2ccccc2c(=O)n1C(Cc1ccco1)C(=O)c1ccco1. The monoisotopic (exact) mass is 348 g/mol. The molecule has 4 aromatic rings. The van der Waals surface area contributed by atoms with Crippen LogP contribution in [0.4, 0.5) is 0 Å². The normalized spacial score (nSPS) is 12.3. The maximum absolute atomic E-state index is 13.1. The zero-order valence-corrected chi connectivity index (χ0v) is 14.1. The van der Waals surface area contributed by atoms with E-state index in [1.807, 2.05) is 6.07 Å². The van der Waals surface area contributed by atoms with Crippen LogP contribution in [0, 0.1) is 6.92 Å². The molecule has 4 rings (SSSR count). The summed E-state index contributed by atoms with van der Waals surface area (Å²) in [5.41, 5.74) is 0.345. The standard InChI is InChI=1S/C20H16N2O4/c1-13-21-16-8-3-2-7-15(16)20(24)22(13)17(12-14-6-4-10-25-14)19(23)18-9-5-11-26-18/h2-11,17H,12H2,1H3. The van der Waals surface area contributed by atoms with Gasteiger partial charge in [-0.15, -0.1) is 0 Å². The number of para-hydroxylation sites is 1. The first-order valence-electron chi connectivity index (χ1n) is 8.23. The molecule has 0 bridgehead atoms. The van der Waals surface area contributed by atoms with Crippen molar-refractivity contribution in [2.24, 2.45) is 0 Å². The molecule has 1 aromatic carbocycles. The van der Waals surface area contributed by atoms with Crippen LogP contribution >= 0.6 is 0 Å². The summed E-state index contributed by atoms with van der Waals surface area (Å²) in [6.45, 7) is 1.72. The Hall–Kier alpha value is -3.41. The van der Waals surface area contributed by atoms with Crippen LogP contribution in [0.3, 0.4) is 0 Å². The van der Waals surface area contributed by atoms with E-state index >= 15 is 0 Å². The Kier molecular flexibility index (Phi) is 4.01. The van der Waals surface area contributed by atoms with Gasteiger partial charge in [-0.1, -0.05) is 12.1 Å². The van der Waals surface area contributed by atoms with Gasteiger partial charge in [0.25, 0.3) is 5.56 Å². The summed E-state index contributed by atoms with van der Waals surface area (Å²) in [6.07, 6.45) is 3.21. The number of carbonyl (C=O) groups is 1. The molecular formula is C20H16N2O4. The minimum Gasteiger partial charge on any atom is -0.469 e. The van der Waals surface area contributed by atoms with Crippen LogP contribution in [-0.4, -0.2) is 15.3 Å². The summed E-state index contributed by atoms with van der Waals surface area (Å²) >= 11 is 0. The molecule has 0 N–H and O–H groups in total. The number of nitrogens with zero attached hydrogens (tertiary/aromatic N) is 2. The molecule has 0 fully saturated rings. The van der Waals surface area contributed by atoms with Crippen molar-refractivity contribution < 1.29 is 13.6 Å². The zero-order chi connectivity index (χ0) is 18.1. The number of aryl methyl sites for hydroxylation is 1. The molecule has 26 heavy (non-hydrogen) atoms. The summed E-state index contributed by atoms with van der Waals surface area (Å²) in [4.78, 5) is 30.7. The van der Waals surface area contributed by atoms with Gasteiger partial charge in [0, 0.05) is 6.42 Å². The third-order valence-electron chi connectivity index (χ3n) is 4.34. The number of ketones is 1. The number of rotatable bonds is 5. The first-order valence-corrected chi connectivity index (χ1v) is 8.23. The molecule has 6 heteroatoms. The number of fused-ring (bicyclic) bond motifs is 1. The molecule has 0 aliphatic heterocycles. The van der Waals surface area contributed by atoms with Crippen LogP contribution in [0.1, 0.15) is 28.2 Å². The van der Waals surface area contributed by atoms with Crippen molar-refractivity contribution >= 4 is 16.7 Å². The number of carbonyl (C=O) groups excluding carboxylic acids is 1. The summed E-state index contributed by atoms with van der Waals surface area (Å²) < 4.78 is 12.1. The van der Waals surface area contributed by atoms with Crippen molar-refractivity contribution in [3.63, 3.8) is 0 Å². The minimum atomic E-state index is -0.808. The van der Waals surface area contributed by atoms with E-state index in [9.17, 15) is 9.59 Å². The fourth-order valence-electron chi connectivity index (χ4n) is 3.13. The number of aromatic nitrogens is 2. The Labute approximate surface area is 148 Å². The first kappa shape index (κ1) is 16.1. The Balaban J connectivity index is 1.90. The molecule has 3 aromatic heterocycles. The van der Waals surface area contributed by atoms with Crippen LogP contribution in [0.5, 0.6) is 0 Å². The largest absolute Gasteiger partial charge is 0.469 e. The van der Waals surface area contributed by atoms with Crippen LogP contribution in [0.25, 0.3) is 10.9 Å². The van der Waals surface area contributed by atoms with Gasteiger partial charge in [-0.05, 0) is 43.3 Å². The third kappa shape index (κ3) is 2.75. The van der Waals surface area contributed by atoms with Crippen molar-refractivity contribution in [3.8, 4) is 0 Å². The topological polar surface area (TPSA) is 78.2 Å². The smallest absolute Gasteiger partial charge is 0.262 e. The van der Waals surface area contributed by atoms with E-state index in [0.717, 1.165) is 0 Å². The number of benzene rings is 1. The molecule has 0 aliphatic rings. The Morgan fingerprint density at radius 2 is 1.85 bits per heavy atom. The molecule has 3 heterocycles. The first-order chi connectivity index (χ1) is 12.6. The van der Waals surface area contributed by atoms with Gasteiger partial charge in [-0.25, -0.2) is 4.98 Å². The number of hydrogen-bond donors (Lipinski definition) is 0. The molecule has 130 valence electrons. The minimum absolute atomic E-state index is 0.195. The molecule has 1 atom stereocenters. The highest BCUT2D eigenvalue weighted by atomic mass is 16.3. The van der Waals surface area contributed by atoms with Crippen LogP contribution in [0.15, 0.2) is 74.7 Å². The average Bonchev–Trinajstić information content (AvgIpc) is 3.34. The lowest BCUT2D eigenvalue weighted by Gasteiger charge is -2.19. The van der Waals surface area contributed by atoms with Crippen molar-refractivity contribution in [1.29, 1.82) is 0 Å². The average molecular weight is 348 g/mol. The molecule has 0 radical (unpaired) electrons. The maximum atomic E-state index is 13.1. The number of hydrogen-bond acceptors (Lipinski definition) is 5. The quantitative estimate of drug-likeness (QED) is 0.515. The van der Waals surface area contributed by atoms with E-state index in [1.54, 1.807) is 49.4 Å². The molecule has 0 aliphatic carbocycles. The van der Waals surface area contributed by atoms with Gasteiger partial charge in [-0.3, -0.25) is 14.2 Å². The van der Waals surface area contributed by atoms with Crippen LogP contribution in [0.2, 0.25) is 0 Å². The fraction of sp³-hybridized carbons (Fsp3) is 0.150. The zero-order valence-electron chi connectivity index (χ0n) is 14.1. The second-order valence-electron chi connectivity index (χ2n) is 5.99. The van der Waals surface area contributed by atoms with Gasteiger partial charge < -0.3 is 8.83 Å². The van der Waals surface area contributed by atoms with E-state index in [2.05, 4.69) is 4.98 Å². The van der Waals surface area contributed by atoms with Gasteiger partial charge in [0.15, 0.2) is 5.76 Å². The number of Topliss-reactive ketones (excluding diaryl/α,β-unsaturated/α-hetero) is 1. The molecule has 1 unspecified atom stereocenters. The highest BCUT2D eigenvalue weighted by molar-refractivity contribution is 5.97. The lowest BCUT2D eigenvalue weighted by Crippen LogP contribution is -2.33. The summed E-state index contributed by atoms with van der Waals surface area (Å²) in [7, 11) is 0. The highest BCUT2D eigenvalue weighted by Gasteiger charge is 2.28. The van der Waals surface area contributed by atoms with Crippen molar-refractivity contribution in [2.75, 3.05) is 0 Å². The Morgan fingerprint density at radius 3 is 2.58 bits per heavy atom. The summed E-state index contributed by atoms with van der Waals surface area (Å²) in [5, 5.41) is 0.467. The predicted molar refractivity (Wildman–Crippen MR) is 95.2 cm³/mol. The van der Waals surface area contributed by atoms with E-state index in [0.29, 0.717) is 22.5 Å². The number of furan rings is 2. The lowest BCUT2D eigenvalue weighted by molar-refractivity contribution is 0.0888. The lowest BCUT2D eigenvalue weighted by atomic mass is 10.0. The second-order valence-corrected chi connectivity index (χ2v) is 5.99. The second kappa shape index (κ2) is 6.48. The van der Waals surface area contributed by atoms with E-state index in [4.69, 9.17) is 8.83 Å². The predicted octanol–water partition coefficient (Wildman–Crippen LogP) is 3.56. The maximum Gasteiger partial charge on any atom is 0.262 e. The molecule has 6 nitrogen and oxygen atoms in total. The molecule has 0 spiro atoms. The Bertz CT molecular complexity index is 1110. The van der Waals surface area contributed by atoms with Crippen molar-refractivity contribution in [1.82, 2.24) is 9.55 Å². The van der Waals surface area contributed by atoms with E-state index in [-0.39, 0.29) is 23.5 Å². The van der Waals surface area contributed by atoms with Crippen molar-refractivity contribution in [3.05, 3.63) is 88.8 Å². The van der Waals surface area contributed by atoms with Gasteiger partial charge in [0.2, 0.25) is 5.78 Å². The van der Waals surface area contributed by atoms with E-state index in [1.165, 1.54) is 17.1 Å².